The zero-order chi connectivity index (χ0) is 18.5. The highest BCUT2D eigenvalue weighted by Gasteiger charge is 2.24. The molecule has 0 atom stereocenters. The molecule has 138 valence electrons. The summed E-state index contributed by atoms with van der Waals surface area (Å²) >= 11 is 0. The lowest BCUT2D eigenvalue weighted by atomic mass is 10.0. The van der Waals surface area contributed by atoms with E-state index in [1.165, 1.54) is 0 Å². The summed E-state index contributed by atoms with van der Waals surface area (Å²) in [5.74, 6) is 0.562. The van der Waals surface area contributed by atoms with E-state index in [-0.39, 0.29) is 5.91 Å². The van der Waals surface area contributed by atoms with E-state index in [2.05, 4.69) is 46.2 Å². The smallest absolute Gasteiger partial charge is 0.276 e. The first-order valence-electron chi connectivity index (χ1n) is 9.21. The summed E-state index contributed by atoms with van der Waals surface area (Å²) < 4.78 is 0. The van der Waals surface area contributed by atoms with Gasteiger partial charge in [-0.05, 0) is 51.0 Å². The highest BCUT2D eigenvalue weighted by atomic mass is 16.1. The molecule has 1 fully saturated rings. The highest BCUT2D eigenvalue weighted by molar-refractivity contribution is 6.02. The molecule has 2 aromatic rings. The number of para-hydroxylation sites is 1. The van der Waals surface area contributed by atoms with Crippen molar-refractivity contribution in [3.8, 4) is 0 Å². The molecule has 1 aliphatic heterocycles. The Morgan fingerprint density at radius 2 is 1.81 bits per heavy atom. The van der Waals surface area contributed by atoms with Crippen molar-refractivity contribution in [3.05, 3.63) is 48.2 Å². The average molecular weight is 353 g/mol. The van der Waals surface area contributed by atoms with Crippen LogP contribution in [0.4, 0.5) is 11.5 Å². The molecular formula is C20H27N5O. The second-order valence-corrected chi connectivity index (χ2v) is 7.07. The molecule has 6 heteroatoms. The number of nitrogens with zero attached hydrogens (tertiary/aromatic N) is 4. The van der Waals surface area contributed by atoms with Crippen molar-refractivity contribution in [2.24, 2.45) is 0 Å². The maximum atomic E-state index is 12.3. The second kappa shape index (κ2) is 8.27. The summed E-state index contributed by atoms with van der Waals surface area (Å²) in [5, 5.41) is 11.2. The van der Waals surface area contributed by atoms with Crippen molar-refractivity contribution >= 4 is 17.4 Å². The molecule has 1 saturated heterocycles. The van der Waals surface area contributed by atoms with Crippen LogP contribution in [0.5, 0.6) is 0 Å². The molecule has 0 radical (unpaired) electrons. The third-order valence-electron chi connectivity index (χ3n) is 5.05. The van der Waals surface area contributed by atoms with Crippen LogP contribution in [0.2, 0.25) is 0 Å². The van der Waals surface area contributed by atoms with Gasteiger partial charge in [-0.3, -0.25) is 4.79 Å². The fraction of sp³-hybridized carbons (Fsp3) is 0.450. The van der Waals surface area contributed by atoms with Crippen molar-refractivity contribution in [1.29, 1.82) is 0 Å². The van der Waals surface area contributed by atoms with E-state index in [9.17, 15) is 4.79 Å². The number of anilines is 2. The molecular weight excluding hydrogens is 326 g/mol. The van der Waals surface area contributed by atoms with Gasteiger partial charge in [-0.25, -0.2) is 0 Å². The lowest BCUT2D eigenvalue weighted by Gasteiger charge is -2.38. The Kier molecular flexibility index (Phi) is 5.83. The maximum absolute atomic E-state index is 12.3. The Balaban J connectivity index is 1.59. The van der Waals surface area contributed by atoms with Crippen LogP contribution in [-0.2, 0) is 0 Å². The van der Waals surface area contributed by atoms with Gasteiger partial charge < -0.3 is 15.1 Å². The molecule has 6 nitrogen and oxygen atoms in total. The molecule has 2 heterocycles. The predicted octanol–water partition coefficient (Wildman–Crippen LogP) is 3.04. The Morgan fingerprint density at radius 1 is 1.12 bits per heavy atom. The summed E-state index contributed by atoms with van der Waals surface area (Å²) in [4.78, 5) is 17.0. The van der Waals surface area contributed by atoms with Gasteiger partial charge >= 0.3 is 0 Å². The van der Waals surface area contributed by atoms with Gasteiger partial charge in [0.2, 0.25) is 0 Å². The van der Waals surface area contributed by atoms with Crippen molar-refractivity contribution in [2.75, 3.05) is 30.4 Å². The summed E-state index contributed by atoms with van der Waals surface area (Å²) in [7, 11) is 2.06. The number of amides is 1. The average Bonchev–Trinajstić information content (AvgIpc) is 2.68. The van der Waals surface area contributed by atoms with Crippen LogP contribution >= 0.6 is 0 Å². The van der Waals surface area contributed by atoms with Gasteiger partial charge in [-0.2, -0.15) is 0 Å². The number of carbonyl (C=O) groups is 1. The van der Waals surface area contributed by atoms with E-state index in [0.717, 1.165) is 37.4 Å². The van der Waals surface area contributed by atoms with E-state index in [1.54, 1.807) is 6.07 Å². The van der Waals surface area contributed by atoms with E-state index in [4.69, 9.17) is 0 Å². The largest absolute Gasteiger partial charge is 0.355 e. The highest BCUT2D eigenvalue weighted by Crippen LogP contribution is 2.21. The molecule has 0 spiro atoms. The fourth-order valence-corrected chi connectivity index (χ4v) is 3.33. The number of rotatable bonds is 5. The van der Waals surface area contributed by atoms with E-state index in [0.29, 0.717) is 17.8 Å². The molecule has 0 aliphatic carbocycles. The second-order valence-electron chi connectivity index (χ2n) is 7.07. The number of aromatic nitrogens is 2. The van der Waals surface area contributed by atoms with Crippen LogP contribution in [0.15, 0.2) is 42.5 Å². The number of hydrogen-bond donors (Lipinski definition) is 1. The molecule has 26 heavy (non-hydrogen) atoms. The summed E-state index contributed by atoms with van der Waals surface area (Å²) in [6.07, 6.45) is 2.24. The molecule has 1 aliphatic rings. The van der Waals surface area contributed by atoms with E-state index in [1.807, 2.05) is 36.4 Å². The van der Waals surface area contributed by atoms with E-state index < -0.39 is 0 Å². The minimum Gasteiger partial charge on any atom is -0.355 e. The molecule has 3 rings (SSSR count). The Bertz CT molecular complexity index is 709. The SMILES string of the molecule is CC(C)N1CCC(N(C)c2ccc(C(=O)Nc3ccccc3)nn2)CC1. The van der Waals surface area contributed by atoms with Gasteiger partial charge in [0.15, 0.2) is 11.5 Å². The third-order valence-corrected chi connectivity index (χ3v) is 5.05. The van der Waals surface area contributed by atoms with E-state index >= 15 is 0 Å². The Morgan fingerprint density at radius 3 is 2.38 bits per heavy atom. The van der Waals surface area contributed by atoms with Crippen LogP contribution in [0.25, 0.3) is 0 Å². The minimum atomic E-state index is -0.247. The molecule has 0 bridgehead atoms. The molecule has 1 aromatic carbocycles. The molecule has 1 aromatic heterocycles. The summed E-state index contributed by atoms with van der Waals surface area (Å²) in [5.41, 5.74) is 1.07. The zero-order valence-corrected chi connectivity index (χ0v) is 15.7. The minimum absolute atomic E-state index is 0.247. The normalized spacial score (nSPS) is 15.8. The third kappa shape index (κ3) is 4.38. The lowest BCUT2D eigenvalue weighted by Crippen LogP contribution is -2.46. The molecule has 0 unspecified atom stereocenters. The van der Waals surface area contributed by atoms with Crippen molar-refractivity contribution in [1.82, 2.24) is 15.1 Å². The summed E-state index contributed by atoms with van der Waals surface area (Å²) in [6, 6.07) is 14.0. The monoisotopic (exact) mass is 353 g/mol. The number of likely N-dealkylation sites (tertiary alicyclic amines) is 1. The topological polar surface area (TPSA) is 61.4 Å². The molecule has 0 saturated carbocycles. The van der Waals surface area contributed by atoms with Crippen molar-refractivity contribution in [2.45, 2.75) is 38.8 Å². The van der Waals surface area contributed by atoms with Gasteiger partial charge in [0.25, 0.3) is 5.91 Å². The standard InChI is InChI=1S/C20H27N5O/c1-15(2)25-13-11-17(12-14-25)24(3)19-10-9-18(22-23-19)20(26)21-16-7-5-4-6-8-16/h4-10,15,17H,11-14H2,1-3H3,(H,21,26). The maximum Gasteiger partial charge on any atom is 0.276 e. The van der Waals surface area contributed by atoms with Crippen molar-refractivity contribution < 1.29 is 4.79 Å². The first-order valence-corrected chi connectivity index (χ1v) is 9.21. The predicted molar refractivity (Wildman–Crippen MR) is 105 cm³/mol. The first-order chi connectivity index (χ1) is 12.5. The Hall–Kier alpha value is -2.47. The lowest BCUT2D eigenvalue weighted by molar-refractivity contribution is 0.102. The van der Waals surface area contributed by atoms with Crippen LogP contribution in [0, 0.1) is 0 Å². The fourth-order valence-electron chi connectivity index (χ4n) is 3.33. The van der Waals surface area contributed by atoms with Crippen LogP contribution < -0.4 is 10.2 Å². The van der Waals surface area contributed by atoms with Crippen LogP contribution in [-0.4, -0.2) is 53.2 Å². The van der Waals surface area contributed by atoms with Crippen molar-refractivity contribution in [3.63, 3.8) is 0 Å². The number of piperidine rings is 1. The van der Waals surface area contributed by atoms with Gasteiger partial charge in [0.1, 0.15) is 0 Å². The summed E-state index contributed by atoms with van der Waals surface area (Å²) in [6.45, 7) is 6.71. The van der Waals surface area contributed by atoms with Gasteiger partial charge in [-0.15, -0.1) is 10.2 Å². The van der Waals surface area contributed by atoms with Crippen LogP contribution in [0.3, 0.4) is 0 Å². The number of hydrogen-bond acceptors (Lipinski definition) is 5. The molecule has 1 N–H and O–H groups in total. The van der Waals surface area contributed by atoms with Gasteiger partial charge in [0.05, 0.1) is 0 Å². The van der Waals surface area contributed by atoms with Crippen LogP contribution in [0.1, 0.15) is 37.2 Å². The number of carbonyl (C=O) groups excluding carboxylic acids is 1. The Labute approximate surface area is 155 Å². The molecule has 1 amide bonds. The zero-order valence-electron chi connectivity index (χ0n) is 15.7. The number of benzene rings is 1. The first kappa shape index (κ1) is 18.3. The van der Waals surface area contributed by atoms with Gasteiger partial charge in [-0.1, -0.05) is 18.2 Å². The number of nitrogens with one attached hydrogen (secondary N) is 1. The van der Waals surface area contributed by atoms with Gasteiger partial charge in [0, 0.05) is 37.9 Å². The quantitative estimate of drug-likeness (QED) is 0.895.